The lowest BCUT2D eigenvalue weighted by atomic mass is 9.81. The molecule has 2 aliphatic heterocycles. The summed E-state index contributed by atoms with van der Waals surface area (Å²) in [5.41, 5.74) is 5.92. The van der Waals surface area contributed by atoms with Crippen molar-refractivity contribution in [3.8, 4) is 0 Å². The second kappa shape index (κ2) is 8.33. The Bertz CT molecular complexity index is 1410. The van der Waals surface area contributed by atoms with E-state index in [1.807, 2.05) is 44.0 Å². The summed E-state index contributed by atoms with van der Waals surface area (Å²) in [6.07, 6.45) is 8.22. The van der Waals surface area contributed by atoms with Gasteiger partial charge in [-0.05, 0) is 55.8 Å². The lowest BCUT2D eigenvalue weighted by Crippen LogP contribution is -2.26. The van der Waals surface area contributed by atoms with Gasteiger partial charge in [-0.1, -0.05) is 48.0 Å². The number of halogens is 1. The number of allylic oxidation sites excluding steroid dienone is 6. The van der Waals surface area contributed by atoms with E-state index in [0.29, 0.717) is 0 Å². The van der Waals surface area contributed by atoms with Crippen molar-refractivity contribution in [1.29, 1.82) is 0 Å². The van der Waals surface area contributed by atoms with Gasteiger partial charge in [0, 0.05) is 46.0 Å². The van der Waals surface area contributed by atoms with Gasteiger partial charge in [0.05, 0.1) is 10.3 Å². The zero-order chi connectivity index (χ0) is 25.1. The van der Waals surface area contributed by atoms with Gasteiger partial charge in [0.15, 0.2) is 5.71 Å². The zero-order valence-electron chi connectivity index (χ0n) is 20.3. The topological polar surface area (TPSA) is 63.5 Å². The third-order valence-corrected chi connectivity index (χ3v) is 8.39. The molecule has 0 radical (unpaired) electrons. The molecule has 0 amide bonds. The van der Waals surface area contributed by atoms with E-state index in [2.05, 4.69) is 71.7 Å². The van der Waals surface area contributed by atoms with E-state index >= 15 is 0 Å². The molecule has 2 heterocycles. The molecule has 0 saturated heterocycles. The third-order valence-electron chi connectivity index (χ3n) is 7.03. The Kier molecular flexibility index (Phi) is 6.03. The van der Waals surface area contributed by atoms with E-state index in [1.54, 1.807) is 6.07 Å². The summed E-state index contributed by atoms with van der Waals surface area (Å²) in [6, 6.07) is 13.0. The first-order valence-corrected chi connectivity index (χ1v) is 13.3. The largest absolute Gasteiger partial charge is 0.744 e. The van der Waals surface area contributed by atoms with Gasteiger partial charge < -0.3 is 9.45 Å². The summed E-state index contributed by atoms with van der Waals surface area (Å²) in [4.78, 5) is 1.84. The number of para-hydroxylation sites is 1. The number of rotatable bonds is 4. The molecule has 4 rings (SSSR count). The standard InChI is InChI=1S/C27H29BrN2O3S/c1-26(2)20-9-7-8-10-22(20)29(5)24(26)15-11-18(28)12-16-25-27(3,4)21-17-19(34(31,32)33)13-14-23(21)30(25)6/h7-17H,1-6H3. The molecule has 0 saturated carbocycles. The van der Waals surface area contributed by atoms with E-state index in [4.69, 9.17) is 0 Å². The summed E-state index contributed by atoms with van der Waals surface area (Å²) in [5, 5.41) is 0. The first kappa shape index (κ1) is 24.6. The molecular weight excluding hydrogens is 512 g/mol. The van der Waals surface area contributed by atoms with Gasteiger partial charge in [-0.25, -0.2) is 8.42 Å². The second-order valence-corrected chi connectivity index (χ2v) is 12.1. The first-order chi connectivity index (χ1) is 15.8. The maximum absolute atomic E-state index is 11.5. The smallest absolute Gasteiger partial charge is 0.209 e. The molecule has 0 bridgehead atoms. The third kappa shape index (κ3) is 4.00. The average molecular weight is 542 g/mol. The van der Waals surface area contributed by atoms with Crippen LogP contribution in [0.1, 0.15) is 38.8 Å². The van der Waals surface area contributed by atoms with Gasteiger partial charge in [0.25, 0.3) is 0 Å². The van der Waals surface area contributed by atoms with Crippen molar-refractivity contribution >= 4 is 43.1 Å². The second-order valence-electron chi connectivity index (χ2n) is 9.84. The van der Waals surface area contributed by atoms with Gasteiger partial charge in [-0.15, -0.1) is 0 Å². The number of fused-ring (bicyclic) bond motifs is 2. The Labute approximate surface area is 210 Å². The maximum Gasteiger partial charge on any atom is 0.209 e. The number of likely N-dealkylation sites (N-methyl/N-ethyl adjacent to an activating group) is 1. The van der Waals surface area contributed by atoms with Crippen LogP contribution in [-0.2, 0) is 20.9 Å². The monoisotopic (exact) mass is 540 g/mol. The van der Waals surface area contributed by atoms with Crippen molar-refractivity contribution in [3.05, 3.63) is 88.1 Å². The fraction of sp³-hybridized carbons (Fsp3) is 0.296. The van der Waals surface area contributed by atoms with Crippen molar-refractivity contribution in [1.82, 2.24) is 0 Å². The molecule has 0 fully saturated rings. The van der Waals surface area contributed by atoms with Crippen molar-refractivity contribution in [3.63, 3.8) is 0 Å². The van der Waals surface area contributed by atoms with Gasteiger partial charge in [-0.2, -0.15) is 4.58 Å². The Morgan fingerprint density at radius 2 is 1.74 bits per heavy atom. The van der Waals surface area contributed by atoms with Crippen LogP contribution in [0.15, 0.2) is 81.8 Å². The lowest BCUT2D eigenvalue weighted by Gasteiger charge is -2.24. The number of benzene rings is 2. The summed E-state index contributed by atoms with van der Waals surface area (Å²) < 4.78 is 37.7. The van der Waals surface area contributed by atoms with E-state index in [-0.39, 0.29) is 10.3 Å². The highest BCUT2D eigenvalue weighted by Crippen LogP contribution is 2.47. The Morgan fingerprint density at radius 3 is 2.38 bits per heavy atom. The molecule has 34 heavy (non-hydrogen) atoms. The number of hydrogen-bond acceptors (Lipinski definition) is 4. The molecular formula is C27H29BrN2O3S. The minimum Gasteiger partial charge on any atom is -0.744 e. The Balaban J connectivity index is 1.64. The number of hydrogen-bond donors (Lipinski definition) is 0. The summed E-state index contributed by atoms with van der Waals surface area (Å²) in [7, 11) is -0.464. The normalized spacial score (nSPS) is 20.4. The van der Waals surface area contributed by atoms with Crippen molar-refractivity contribution in [2.45, 2.75) is 43.4 Å². The average Bonchev–Trinajstić information content (AvgIpc) is 3.08. The fourth-order valence-corrected chi connectivity index (χ4v) is 5.91. The molecule has 7 heteroatoms. The molecule has 2 aromatic rings. The quantitative estimate of drug-likeness (QED) is 0.281. The van der Waals surface area contributed by atoms with Gasteiger partial charge in [0.2, 0.25) is 5.69 Å². The SMILES string of the molecule is CN1C(=CC=C(Br)C=CC2=[N+](C)c3ccccc3C2(C)C)C(C)(C)c2cc(S(=O)(=O)[O-])ccc21. The number of nitrogens with zero attached hydrogens (tertiary/aromatic N) is 2. The first-order valence-electron chi connectivity index (χ1n) is 11.1. The van der Waals surface area contributed by atoms with E-state index in [0.717, 1.165) is 21.4 Å². The van der Waals surface area contributed by atoms with E-state index < -0.39 is 15.5 Å². The van der Waals surface area contributed by atoms with Crippen LogP contribution in [0.25, 0.3) is 0 Å². The predicted octanol–water partition coefficient (Wildman–Crippen LogP) is 5.74. The van der Waals surface area contributed by atoms with Crippen LogP contribution in [0.5, 0.6) is 0 Å². The van der Waals surface area contributed by atoms with E-state index in [9.17, 15) is 13.0 Å². The van der Waals surface area contributed by atoms with Gasteiger partial charge >= 0.3 is 0 Å². The number of anilines is 1. The minimum absolute atomic E-state index is 0.0947. The van der Waals surface area contributed by atoms with E-state index in [1.165, 1.54) is 29.1 Å². The molecule has 0 spiro atoms. The minimum atomic E-state index is -4.51. The van der Waals surface area contributed by atoms with Crippen LogP contribution >= 0.6 is 15.9 Å². The van der Waals surface area contributed by atoms with Crippen LogP contribution in [0.2, 0.25) is 0 Å². The van der Waals surface area contributed by atoms with Crippen LogP contribution < -0.4 is 4.90 Å². The highest BCUT2D eigenvalue weighted by atomic mass is 79.9. The Morgan fingerprint density at radius 1 is 1.06 bits per heavy atom. The fourth-order valence-electron chi connectivity index (χ4n) is 5.15. The molecule has 5 nitrogen and oxygen atoms in total. The molecule has 0 N–H and O–H groups in total. The zero-order valence-corrected chi connectivity index (χ0v) is 22.7. The molecule has 2 aromatic carbocycles. The van der Waals surface area contributed by atoms with Crippen LogP contribution in [0.3, 0.4) is 0 Å². The molecule has 2 aliphatic rings. The van der Waals surface area contributed by atoms with Crippen LogP contribution in [0.4, 0.5) is 11.4 Å². The van der Waals surface area contributed by atoms with Crippen LogP contribution in [-0.4, -0.2) is 37.4 Å². The van der Waals surface area contributed by atoms with Crippen molar-refractivity contribution in [2.75, 3.05) is 19.0 Å². The predicted molar refractivity (Wildman–Crippen MR) is 140 cm³/mol. The summed E-state index contributed by atoms with van der Waals surface area (Å²) in [6.45, 7) is 8.53. The Hall–Kier alpha value is -2.48. The highest BCUT2D eigenvalue weighted by Gasteiger charge is 2.42. The van der Waals surface area contributed by atoms with Crippen molar-refractivity contribution in [2.24, 2.45) is 0 Å². The van der Waals surface area contributed by atoms with Crippen LogP contribution in [0, 0.1) is 0 Å². The molecule has 0 unspecified atom stereocenters. The lowest BCUT2D eigenvalue weighted by molar-refractivity contribution is -0.401. The highest BCUT2D eigenvalue weighted by molar-refractivity contribution is 9.11. The molecule has 0 atom stereocenters. The summed E-state index contributed by atoms with van der Waals surface area (Å²) in [5.74, 6) is 0. The maximum atomic E-state index is 11.5. The van der Waals surface area contributed by atoms with Crippen molar-refractivity contribution < 1.29 is 17.5 Å². The van der Waals surface area contributed by atoms with Gasteiger partial charge in [0.1, 0.15) is 17.2 Å². The van der Waals surface area contributed by atoms with Gasteiger partial charge in [-0.3, -0.25) is 0 Å². The summed E-state index contributed by atoms with van der Waals surface area (Å²) >= 11 is 3.67. The molecule has 0 aromatic heterocycles. The molecule has 0 aliphatic carbocycles. The molecule has 178 valence electrons.